The lowest BCUT2D eigenvalue weighted by Gasteiger charge is -2.00. The average molecular weight is 264 g/mol. The Labute approximate surface area is 109 Å². The molecule has 0 atom stereocenters. The highest BCUT2D eigenvalue weighted by Gasteiger charge is 2.15. The summed E-state index contributed by atoms with van der Waals surface area (Å²) >= 11 is 1.46. The number of ketones is 1. The molecule has 2 nitrogen and oxygen atoms in total. The molecular formula is C14H13FO2S. The van der Waals surface area contributed by atoms with E-state index in [0.717, 1.165) is 16.2 Å². The Bertz CT molecular complexity index is 558. The van der Waals surface area contributed by atoms with Crippen molar-refractivity contribution in [3.05, 3.63) is 53.0 Å². The molecule has 4 heteroatoms. The van der Waals surface area contributed by atoms with Crippen LogP contribution in [0.5, 0.6) is 0 Å². The van der Waals surface area contributed by atoms with E-state index < -0.39 is 0 Å². The van der Waals surface area contributed by atoms with Gasteiger partial charge in [0.05, 0.1) is 0 Å². The number of furan rings is 1. The highest BCUT2D eigenvalue weighted by atomic mass is 32.2. The third kappa shape index (κ3) is 2.82. The Morgan fingerprint density at radius 2 is 2.00 bits per heavy atom. The van der Waals surface area contributed by atoms with Crippen LogP contribution in [0.25, 0.3) is 0 Å². The van der Waals surface area contributed by atoms with Crippen LogP contribution in [-0.2, 0) is 6.42 Å². The molecule has 1 aromatic heterocycles. The molecule has 2 rings (SSSR count). The Kier molecular flexibility index (Phi) is 3.87. The molecule has 0 saturated heterocycles. The Balaban J connectivity index is 2.30. The number of benzene rings is 1. The van der Waals surface area contributed by atoms with Crippen molar-refractivity contribution in [3.63, 3.8) is 0 Å². The molecule has 0 spiro atoms. The predicted molar refractivity (Wildman–Crippen MR) is 69.7 cm³/mol. The van der Waals surface area contributed by atoms with Gasteiger partial charge in [-0.3, -0.25) is 4.79 Å². The van der Waals surface area contributed by atoms with Gasteiger partial charge in [-0.05, 0) is 30.0 Å². The second-order valence-electron chi connectivity index (χ2n) is 3.98. The number of carbonyl (C=O) groups excluding carboxylic acids is 1. The second kappa shape index (κ2) is 5.40. The monoisotopic (exact) mass is 264 g/mol. The first-order valence-corrected chi connectivity index (χ1v) is 6.74. The zero-order valence-electron chi connectivity index (χ0n) is 10.2. The molecule has 2 aromatic rings. The standard InChI is InChI=1S/C14H13FO2S/c1-9(16)14-11(8-13(17-14)18-2)7-10-3-5-12(15)6-4-10/h3-6,8H,7H2,1-2H3. The van der Waals surface area contributed by atoms with Crippen LogP contribution in [0.1, 0.15) is 28.6 Å². The van der Waals surface area contributed by atoms with Crippen LogP contribution in [0.4, 0.5) is 4.39 Å². The molecule has 0 aliphatic rings. The van der Waals surface area contributed by atoms with E-state index in [2.05, 4.69) is 0 Å². The van der Waals surface area contributed by atoms with E-state index in [1.165, 1.54) is 30.8 Å². The molecule has 0 bridgehead atoms. The summed E-state index contributed by atoms with van der Waals surface area (Å²) in [6.45, 7) is 1.48. The molecule has 0 fully saturated rings. The van der Waals surface area contributed by atoms with Crippen molar-refractivity contribution in [2.75, 3.05) is 6.26 Å². The zero-order valence-corrected chi connectivity index (χ0v) is 11.0. The van der Waals surface area contributed by atoms with Gasteiger partial charge in [-0.15, -0.1) is 0 Å². The van der Waals surface area contributed by atoms with Gasteiger partial charge in [0.15, 0.2) is 16.6 Å². The number of carbonyl (C=O) groups is 1. The van der Waals surface area contributed by atoms with Gasteiger partial charge in [-0.2, -0.15) is 0 Å². The fourth-order valence-electron chi connectivity index (χ4n) is 1.76. The van der Waals surface area contributed by atoms with E-state index in [9.17, 15) is 9.18 Å². The molecule has 1 heterocycles. The average Bonchev–Trinajstić information content (AvgIpc) is 2.75. The first kappa shape index (κ1) is 12.9. The van der Waals surface area contributed by atoms with Crippen molar-refractivity contribution in [1.82, 2.24) is 0 Å². The van der Waals surface area contributed by atoms with E-state index in [0.29, 0.717) is 12.2 Å². The van der Waals surface area contributed by atoms with Crippen LogP contribution in [0, 0.1) is 5.82 Å². The number of halogens is 1. The topological polar surface area (TPSA) is 30.2 Å². The molecule has 0 saturated carbocycles. The molecule has 0 amide bonds. The van der Waals surface area contributed by atoms with Crippen LogP contribution in [0.3, 0.4) is 0 Å². The molecule has 0 aliphatic heterocycles. The summed E-state index contributed by atoms with van der Waals surface area (Å²) in [5.41, 5.74) is 1.80. The molecule has 18 heavy (non-hydrogen) atoms. The lowest BCUT2D eigenvalue weighted by molar-refractivity contribution is 0.0981. The number of hydrogen-bond acceptors (Lipinski definition) is 3. The van der Waals surface area contributed by atoms with Gasteiger partial charge in [0.1, 0.15) is 5.82 Å². The summed E-state index contributed by atoms with van der Waals surface area (Å²) in [6, 6.07) is 8.12. The van der Waals surface area contributed by atoms with E-state index in [1.54, 1.807) is 12.1 Å². The SMILES string of the molecule is CSc1cc(Cc2ccc(F)cc2)c(C(C)=O)o1. The Hall–Kier alpha value is -1.55. The first-order valence-electron chi connectivity index (χ1n) is 5.52. The van der Waals surface area contributed by atoms with E-state index in [-0.39, 0.29) is 11.6 Å². The summed E-state index contributed by atoms with van der Waals surface area (Å²) in [7, 11) is 0. The van der Waals surface area contributed by atoms with E-state index in [1.807, 2.05) is 12.3 Å². The summed E-state index contributed by atoms with van der Waals surface area (Å²) in [5, 5.41) is 0.720. The summed E-state index contributed by atoms with van der Waals surface area (Å²) in [4.78, 5) is 11.5. The number of hydrogen-bond donors (Lipinski definition) is 0. The third-order valence-corrected chi connectivity index (χ3v) is 3.22. The molecular weight excluding hydrogens is 251 g/mol. The van der Waals surface area contributed by atoms with Crippen LogP contribution in [0.2, 0.25) is 0 Å². The van der Waals surface area contributed by atoms with Crippen molar-refractivity contribution < 1.29 is 13.6 Å². The summed E-state index contributed by atoms with van der Waals surface area (Å²) in [5.74, 6) is 0.0404. The minimum atomic E-state index is -0.262. The number of Topliss-reactive ketones (excluding diaryl/α,β-unsaturated/α-hetero) is 1. The Morgan fingerprint density at radius 1 is 1.33 bits per heavy atom. The Morgan fingerprint density at radius 3 is 2.56 bits per heavy atom. The molecule has 0 unspecified atom stereocenters. The minimum absolute atomic E-state index is 0.0904. The van der Waals surface area contributed by atoms with E-state index >= 15 is 0 Å². The highest BCUT2D eigenvalue weighted by Crippen LogP contribution is 2.25. The summed E-state index contributed by atoms with van der Waals surface area (Å²) in [6.07, 6.45) is 2.46. The fourth-order valence-corrected chi connectivity index (χ4v) is 2.18. The van der Waals surface area contributed by atoms with Crippen LogP contribution in [0.15, 0.2) is 39.8 Å². The first-order chi connectivity index (χ1) is 8.60. The van der Waals surface area contributed by atoms with Crippen molar-refractivity contribution in [2.24, 2.45) is 0 Å². The maximum atomic E-state index is 12.8. The van der Waals surface area contributed by atoms with Gasteiger partial charge >= 0.3 is 0 Å². The van der Waals surface area contributed by atoms with Gasteiger partial charge in [-0.25, -0.2) is 4.39 Å². The number of rotatable bonds is 4. The van der Waals surface area contributed by atoms with Crippen LogP contribution in [-0.4, -0.2) is 12.0 Å². The zero-order chi connectivity index (χ0) is 13.1. The van der Waals surface area contributed by atoms with Gasteiger partial charge in [0, 0.05) is 18.9 Å². The lowest BCUT2D eigenvalue weighted by atomic mass is 10.0. The summed E-state index contributed by atoms with van der Waals surface area (Å²) < 4.78 is 18.3. The maximum Gasteiger partial charge on any atom is 0.195 e. The van der Waals surface area contributed by atoms with Gasteiger partial charge < -0.3 is 4.42 Å². The maximum absolute atomic E-state index is 12.8. The van der Waals surface area contributed by atoms with Gasteiger partial charge in [-0.1, -0.05) is 23.9 Å². The van der Waals surface area contributed by atoms with Crippen molar-refractivity contribution in [3.8, 4) is 0 Å². The second-order valence-corrected chi connectivity index (χ2v) is 4.79. The molecule has 1 aromatic carbocycles. The normalized spacial score (nSPS) is 10.6. The molecule has 94 valence electrons. The largest absolute Gasteiger partial charge is 0.446 e. The number of thioether (sulfide) groups is 1. The van der Waals surface area contributed by atoms with Gasteiger partial charge in [0.2, 0.25) is 0 Å². The van der Waals surface area contributed by atoms with Gasteiger partial charge in [0.25, 0.3) is 0 Å². The minimum Gasteiger partial charge on any atom is -0.446 e. The van der Waals surface area contributed by atoms with E-state index in [4.69, 9.17) is 4.42 Å². The van der Waals surface area contributed by atoms with Crippen molar-refractivity contribution in [1.29, 1.82) is 0 Å². The van der Waals surface area contributed by atoms with Crippen molar-refractivity contribution >= 4 is 17.5 Å². The van der Waals surface area contributed by atoms with Crippen molar-refractivity contribution in [2.45, 2.75) is 18.4 Å². The molecule has 0 aliphatic carbocycles. The fraction of sp³-hybridized carbons (Fsp3) is 0.214. The third-order valence-electron chi connectivity index (χ3n) is 2.62. The quantitative estimate of drug-likeness (QED) is 0.619. The highest BCUT2D eigenvalue weighted by molar-refractivity contribution is 7.98. The molecule has 0 radical (unpaired) electrons. The van der Waals surface area contributed by atoms with Crippen LogP contribution < -0.4 is 0 Å². The smallest absolute Gasteiger partial charge is 0.195 e. The predicted octanol–water partition coefficient (Wildman–Crippen LogP) is 3.93. The lowest BCUT2D eigenvalue weighted by Crippen LogP contribution is -1.96. The molecule has 0 N–H and O–H groups in total. The van der Waals surface area contributed by atoms with Crippen LogP contribution >= 0.6 is 11.8 Å².